The third kappa shape index (κ3) is 8.30. The molecular formula is C49H48N6O5. The number of hydrogen-bond donors (Lipinski definition) is 2. The van der Waals surface area contributed by atoms with Crippen molar-refractivity contribution in [2.24, 2.45) is 7.05 Å². The van der Waals surface area contributed by atoms with Crippen LogP contribution in [0.15, 0.2) is 146 Å². The zero-order valence-electron chi connectivity index (χ0n) is 33.6. The highest BCUT2D eigenvalue weighted by Gasteiger charge is 2.51. The number of aryl methyl sites for hydroxylation is 2. The van der Waals surface area contributed by atoms with Crippen LogP contribution >= 0.6 is 0 Å². The molecule has 2 fully saturated rings. The van der Waals surface area contributed by atoms with Crippen LogP contribution in [0.1, 0.15) is 39.0 Å². The first-order valence-corrected chi connectivity index (χ1v) is 20.3. The number of carbonyl (C=O) groups excluding carboxylic acids is 4. The zero-order valence-corrected chi connectivity index (χ0v) is 33.6. The summed E-state index contributed by atoms with van der Waals surface area (Å²) in [5, 5.41) is 17.4. The molecule has 0 unspecified atom stereocenters. The number of amides is 4. The van der Waals surface area contributed by atoms with Gasteiger partial charge in [-0.2, -0.15) is 0 Å². The van der Waals surface area contributed by atoms with Gasteiger partial charge in [0.15, 0.2) is 0 Å². The van der Waals surface area contributed by atoms with Crippen LogP contribution < -0.4 is 5.32 Å². The highest BCUT2D eigenvalue weighted by molar-refractivity contribution is 6.01. The Labute approximate surface area is 349 Å². The smallest absolute Gasteiger partial charge is 0.251 e. The van der Waals surface area contributed by atoms with Gasteiger partial charge < -0.3 is 24.8 Å². The summed E-state index contributed by atoms with van der Waals surface area (Å²) >= 11 is 0. The van der Waals surface area contributed by atoms with E-state index in [9.17, 15) is 24.3 Å². The summed E-state index contributed by atoms with van der Waals surface area (Å²) in [4.78, 5) is 59.9. The largest absolute Gasteiger partial charge is 0.508 e. The SMILES string of the molecule is C=CCN1CC(=O)N2[C@@H](Cc3ccc(O)cc3)C(=O)N(Cc3cccc4c(-c5cccc(C(=O)NCc6ccccc6)c5)cn(C)c34)C[C@@H]2N1C(=O)CCc1ccccc1. The molecule has 4 amide bonds. The van der Waals surface area contributed by atoms with Crippen molar-refractivity contribution in [3.8, 4) is 16.9 Å². The molecule has 2 atom stereocenters. The fourth-order valence-corrected chi connectivity index (χ4v) is 8.59. The second-order valence-electron chi connectivity index (χ2n) is 15.5. The highest BCUT2D eigenvalue weighted by atomic mass is 16.3. The molecular weight excluding hydrogens is 753 g/mol. The number of nitrogens with zero attached hydrogens (tertiary/aromatic N) is 5. The topological polar surface area (TPSA) is 118 Å². The van der Waals surface area contributed by atoms with Crippen LogP contribution in [0.25, 0.3) is 22.0 Å². The number of nitrogens with one attached hydrogen (secondary N) is 1. The van der Waals surface area contributed by atoms with E-state index in [2.05, 4.69) is 11.9 Å². The standard InChI is InChI=1S/C49H48N6O5/c1-3-26-53-33-46(58)54-43(27-35-20-23-40(56)24-21-35)49(60)52(32-44(54)55(53)45(57)25-22-34-12-6-4-7-13-34)30-39-18-11-19-41-42(31-51(2)47(39)41)37-16-10-17-38(28-37)48(59)50-29-36-14-8-5-9-15-36/h3-21,23-24,28,31,43-44,56H,1,22,25-27,29-30,32-33H2,2H3,(H,50,59)/t43-,44-/m0/s1. The summed E-state index contributed by atoms with van der Waals surface area (Å²) in [7, 11) is 1.97. The molecule has 60 heavy (non-hydrogen) atoms. The van der Waals surface area contributed by atoms with Crippen molar-refractivity contribution in [1.29, 1.82) is 0 Å². The fraction of sp³-hybridized carbons (Fsp3) is 0.224. The second-order valence-corrected chi connectivity index (χ2v) is 15.5. The van der Waals surface area contributed by atoms with E-state index in [1.165, 1.54) is 0 Å². The van der Waals surface area contributed by atoms with Gasteiger partial charge >= 0.3 is 0 Å². The molecule has 8 rings (SSSR count). The van der Waals surface area contributed by atoms with Crippen molar-refractivity contribution in [2.45, 2.75) is 44.6 Å². The lowest BCUT2D eigenvalue weighted by Crippen LogP contribution is -2.75. The number of phenols is 1. The Balaban J connectivity index is 1.12. The van der Waals surface area contributed by atoms with Crippen LogP contribution in [-0.2, 0) is 47.4 Å². The van der Waals surface area contributed by atoms with E-state index in [1.54, 1.807) is 50.2 Å². The van der Waals surface area contributed by atoms with Gasteiger partial charge in [-0.25, -0.2) is 10.0 Å². The summed E-state index contributed by atoms with van der Waals surface area (Å²) in [6.07, 6.45) is 3.92. The van der Waals surface area contributed by atoms with Crippen LogP contribution in [0.4, 0.5) is 0 Å². The Hall–Kier alpha value is -6.98. The molecule has 304 valence electrons. The maximum atomic E-state index is 14.8. The first kappa shape index (κ1) is 39.8. The van der Waals surface area contributed by atoms with E-state index < -0.39 is 12.2 Å². The fourth-order valence-electron chi connectivity index (χ4n) is 8.59. The Morgan fingerprint density at radius 2 is 1.57 bits per heavy atom. The molecule has 0 radical (unpaired) electrons. The molecule has 0 spiro atoms. The van der Waals surface area contributed by atoms with Crippen LogP contribution in [0, 0.1) is 0 Å². The van der Waals surface area contributed by atoms with Crippen LogP contribution in [0.3, 0.4) is 0 Å². The van der Waals surface area contributed by atoms with E-state index in [0.29, 0.717) is 18.5 Å². The van der Waals surface area contributed by atoms with Gasteiger partial charge in [0, 0.05) is 62.2 Å². The maximum absolute atomic E-state index is 14.8. The molecule has 2 aliphatic rings. The number of benzene rings is 5. The Morgan fingerprint density at radius 3 is 2.30 bits per heavy atom. The van der Waals surface area contributed by atoms with Crippen LogP contribution in [0.2, 0.25) is 0 Å². The minimum Gasteiger partial charge on any atom is -0.508 e. The third-order valence-electron chi connectivity index (χ3n) is 11.4. The normalized spacial score (nSPS) is 16.9. The molecule has 0 bridgehead atoms. The number of rotatable bonds is 13. The summed E-state index contributed by atoms with van der Waals surface area (Å²) in [5.74, 6) is -0.670. The first-order valence-electron chi connectivity index (χ1n) is 20.3. The summed E-state index contributed by atoms with van der Waals surface area (Å²) in [6.45, 7) is 4.89. The minimum atomic E-state index is -0.893. The van der Waals surface area contributed by atoms with Gasteiger partial charge in [0.1, 0.15) is 18.0 Å². The van der Waals surface area contributed by atoms with E-state index in [1.807, 2.05) is 121 Å². The van der Waals surface area contributed by atoms with Gasteiger partial charge in [-0.1, -0.05) is 109 Å². The number of hydrazine groups is 1. The minimum absolute atomic E-state index is 0.0692. The lowest BCUT2D eigenvalue weighted by atomic mass is 9.97. The molecule has 0 aliphatic carbocycles. The Morgan fingerprint density at radius 1 is 0.850 bits per heavy atom. The van der Waals surface area contributed by atoms with Crippen molar-refractivity contribution in [2.75, 3.05) is 19.6 Å². The number of fused-ring (bicyclic) bond motifs is 2. The van der Waals surface area contributed by atoms with E-state index >= 15 is 0 Å². The van der Waals surface area contributed by atoms with Crippen LogP contribution in [-0.4, -0.2) is 85.0 Å². The highest BCUT2D eigenvalue weighted by Crippen LogP contribution is 2.35. The summed E-state index contributed by atoms with van der Waals surface area (Å²) in [6, 6.07) is 39.0. The number of phenolic OH excluding ortho intramolecular Hbond substituents is 1. The van der Waals surface area contributed by atoms with E-state index in [0.717, 1.165) is 44.3 Å². The van der Waals surface area contributed by atoms with Crippen LogP contribution in [0.5, 0.6) is 5.75 Å². The Bertz CT molecular complexity index is 2540. The summed E-state index contributed by atoms with van der Waals surface area (Å²) < 4.78 is 2.05. The van der Waals surface area contributed by atoms with Gasteiger partial charge in [0.2, 0.25) is 17.7 Å². The molecule has 11 heteroatoms. The number of carbonyl (C=O) groups is 4. The average Bonchev–Trinajstić information content (AvgIpc) is 3.61. The molecule has 2 aliphatic heterocycles. The molecule has 2 N–H and O–H groups in total. The number of aromatic hydroxyl groups is 1. The van der Waals surface area contributed by atoms with Gasteiger partial charge in [0.05, 0.1) is 18.6 Å². The molecule has 1 aromatic heterocycles. The van der Waals surface area contributed by atoms with Crippen molar-refractivity contribution in [3.05, 3.63) is 174 Å². The van der Waals surface area contributed by atoms with E-state index in [4.69, 9.17) is 0 Å². The van der Waals surface area contributed by atoms with Crippen molar-refractivity contribution < 1.29 is 24.3 Å². The molecule has 3 heterocycles. The maximum Gasteiger partial charge on any atom is 0.251 e. The number of hydrogen-bond acceptors (Lipinski definition) is 6. The van der Waals surface area contributed by atoms with Gasteiger partial charge in [-0.3, -0.25) is 19.2 Å². The van der Waals surface area contributed by atoms with Gasteiger partial charge in [0.25, 0.3) is 5.91 Å². The summed E-state index contributed by atoms with van der Waals surface area (Å²) in [5.41, 5.74) is 7.04. The quantitative estimate of drug-likeness (QED) is 0.130. The van der Waals surface area contributed by atoms with Crippen molar-refractivity contribution in [1.82, 2.24) is 29.7 Å². The molecule has 2 saturated heterocycles. The molecule has 5 aromatic carbocycles. The predicted molar refractivity (Wildman–Crippen MR) is 231 cm³/mol. The average molecular weight is 801 g/mol. The lowest BCUT2D eigenvalue weighted by molar-refractivity contribution is -0.205. The molecule has 0 saturated carbocycles. The van der Waals surface area contributed by atoms with Crippen molar-refractivity contribution >= 4 is 34.5 Å². The second kappa shape index (κ2) is 17.5. The lowest BCUT2D eigenvalue weighted by Gasteiger charge is -2.55. The third-order valence-corrected chi connectivity index (χ3v) is 11.4. The molecule has 6 aromatic rings. The van der Waals surface area contributed by atoms with E-state index in [-0.39, 0.29) is 68.4 Å². The Kier molecular flexibility index (Phi) is 11.6. The monoisotopic (exact) mass is 800 g/mol. The number of piperazine rings is 1. The predicted octanol–water partition coefficient (Wildman–Crippen LogP) is 6.47. The number of aromatic nitrogens is 1. The molecule has 11 nitrogen and oxygen atoms in total. The first-order chi connectivity index (χ1) is 29.2. The zero-order chi connectivity index (χ0) is 41.8. The van der Waals surface area contributed by atoms with Gasteiger partial charge in [-0.05, 0) is 58.5 Å². The van der Waals surface area contributed by atoms with Gasteiger partial charge in [-0.15, -0.1) is 6.58 Å². The van der Waals surface area contributed by atoms with Crippen molar-refractivity contribution in [3.63, 3.8) is 0 Å². The number of para-hydroxylation sites is 1.